The van der Waals surface area contributed by atoms with Crippen LogP contribution in [0.1, 0.15) is 11.1 Å². The normalized spacial score (nSPS) is 11.6. The average Bonchev–Trinajstić information content (AvgIpc) is 2.81. The van der Waals surface area contributed by atoms with Crippen LogP contribution in [0, 0.1) is 9.39 Å². The Hall–Kier alpha value is -1.69. The number of rotatable bonds is 2. The van der Waals surface area contributed by atoms with Gasteiger partial charge >= 0.3 is 0 Å². The fourth-order valence-corrected chi connectivity index (χ4v) is 2.71. The molecular weight excluding hydrogens is 366 g/mol. The predicted octanol–water partition coefficient (Wildman–Crippen LogP) is 3.91. The van der Waals surface area contributed by atoms with Crippen molar-refractivity contribution in [3.63, 3.8) is 0 Å². The number of H-pyrrole nitrogens is 1. The summed E-state index contributed by atoms with van der Waals surface area (Å²) in [6.45, 7) is 0. The molecule has 0 aliphatic heterocycles. The summed E-state index contributed by atoms with van der Waals surface area (Å²) in [5.74, 6) is -0.210. The Bertz CT molecular complexity index is 788. The van der Waals surface area contributed by atoms with Crippen LogP contribution in [0.15, 0.2) is 42.9 Å². The molecule has 0 amide bonds. The second-order valence-electron chi connectivity index (χ2n) is 4.68. The van der Waals surface area contributed by atoms with Crippen LogP contribution >= 0.6 is 22.6 Å². The second kappa shape index (κ2) is 5.36. The van der Waals surface area contributed by atoms with Gasteiger partial charge in [0.05, 0.1) is 5.52 Å². The Morgan fingerprint density at radius 2 is 1.95 bits per heavy atom. The van der Waals surface area contributed by atoms with Gasteiger partial charge in [-0.25, -0.2) is 8.96 Å². The zero-order chi connectivity index (χ0) is 14.1. The highest BCUT2D eigenvalue weighted by atomic mass is 127. The molecule has 0 bridgehead atoms. The Morgan fingerprint density at radius 3 is 2.70 bits per heavy atom. The van der Waals surface area contributed by atoms with Gasteiger partial charge in [0.15, 0.2) is 12.4 Å². The molecule has 1 aromatic carbocycles. The molecule has 1 N–H and O–H groups in total. The fourth-order valence-electron chi connectivity index (χ4n) is 2.12. The number of pyridine rings is 1. The molecular formula is C16H13FIN2+. The molecule has 0 aliphatic rings. The highest BCUT2D eigenvalue weighted by Gasteiger charge is 2.07. The Morgan fingerprint density at radius 1 is 1.20 bits per heavy atom. The molecule has 0 spiro atoms. The van der Waals surface area contributed by atoms with Crippen molar-refractivity contribution in [2.24, 2.45) is 7.05 Å². The zero-order valence-electron chi connectivity index (χ0n) is 10.9. The molecule has 4 heteroatoms. The summed E-state index contributed by atoms with van der Waals surface area (Å²) in [6, 6.07) is 7.59. The quantitative estimate of drug-likeness (QED) is 0.515. The summed E-state index contributed by atoms with van der Waals surface area (Å²) in [4.78, 5) is 3.00. The topological polar surface area (TPSA) is 19.7 Å². The summed E-state index contributed by atoms with van der Waals surface area (Å²) < 4.78 is 16.7. The smallest absolute Gasteiger partial charge is 0.169 e. The van der Waals surface area contributed by atoms with Gasteiger partial charge < -0.3 is 4.98 Å². The molecule has 0 saturated heterocycles. The first-order valence-electron chi connectivity index (χ1n) is 6.23. The molecule has 100 valence electrons. The van der Waals surface area contributed by atoms with Crippen molar-refractivity contribution in [1.29, 1.82) is 0 Å². The van der Waals surface area contributed by atoms with Gasteiger partial charge in [-0.05, 0) is 45.9 Å². The molecule has 0 fully saturated rings. The standard InChI is InChI=1S/C16H12FIN2/c1-20-6-4-11(5-7-20)2-3-12-10-19-16-14(12)8-13(18)9-15(16)17/h2-10H,1H3/p+1. The van der Waals surface area contributed by atoms with E-state index in [1.54, 1.807) is 0 Å². The van der Waals surface area contributed by atoms with Crippen molar-refractivity contribution in [2.75, 3.05) is 0 Å². The minimum atomic E-state index is -0.210. The first-order chi connectivity index (χ1) is 9.63. The second-order valence-corrected chi connectivity index (χ2v) is 5.93. The molecule has 0 unspecified atom stereocenters. The summed E-state index contributed by atoms with van der Waals surface area (Å²) in [7, 11) is 1.98. The van der Waals surface area contributed by atoms with E-state index in [1.807, 2.05) is 60.6 Å². The van der Waals surface area contributed by atoms with Crippen molar-refractivity contribution in [3.8, 4) is 0 Å². The molecule has 0 saturated carbocycles. The van der Waals surface area contributed by atoms with Crippen LogP contribution in [-0.4, -0.2) is 4.98 Å². The van der Waals surface area contributed by atoms with Crippen molar-refractivity contribution in [3.05, 3.63) is 63.4 Å². The lowest BCUT2D eigenvalue weighted by atomic mass is 10.1. The molecule has 2 nitrogen and oxygen atoms in total. The molecule has 0 aliphatic carbocycles. The van der Waals surface area contributed by atoms with E-state index >= 15 is 0 Å². The van der Waals surface area contributed by atoms with Gasteiger partial charge in [-0.15, -0.1) is 0 Å². The first-order valence-corrected chi connectivity index (χ1v) is 7.31. The van der Waals surface area contributed by atoms with E-state index in [0.717, 1.165) is 20.1 Å². The number of benzene rings is 1. The number of nitrogens with zero attached hydrogens (tertiary/aromatic N) is 1. The van der Waals surface area contributed by atoms with E-state index in [-0.39, 0.29) is 5.82 Å². The van der Waals surface area contributed by atoms with Crippen LogP contribution in [0.4, 0.5) is 4.39 Å². The number of aromatic nitrogens is 2. The number of hydrogen-bond acceptors (Lipinski definition) is 0. The molecule has 3 rings (SSSR count). The zero-order valence-corrected chi connectivity index (χ0v) is 13.1. The minimum Gasteiger partial charge on any atom is -0.358 e. The molecule has 3 aromatic rings. The van der Waals surface area contributed by atoms with Gasteiger partial charge in [-0.1, -0.05) is 12.2 Å². The lowest BCUT2D eigenvalue weighted by Crippen LogP contribution is -2.25. The van der Waals surface area contributed by atoms with E-state index in [4.69, 9.17) is 0 Å². The van der Waals surface area contributed by atoms with Gasteiger partial charge in [-0.3, -0.25) is 0 Å². The van der Waals surface area contributed by atoms with Gasteiger partial charge in [0, 0.05) is 27.3 Å². The lowest BCUT2D eigenvalue weighted by molar-refractivity contribution is -0.671. The predicted molar refractivity (Wildman–Crippen MR) is 87.5 cm³/mol. The average molecular weight is 379 g/mol. The van der Waals surface area contributed by atoms with E-state index < -0.39 is 0 Å². The maximum atomic E-state index is 13.8. The van der Waals surface area contributed by atoms with Gasteiger partial charge in [0.25, 0.3) is 0 Å². The fraction of sp³-hybridized carbons (Fsp3) is 0.0625. The van der Waals surface area contributed by atoms with Crippen LogP contribution in [-0.2, 0) is 7.05 Å². The molecule has 0 radical (unpaired) electrons. The van der Waals surface area contributed by atoms with Crippen molar-refractivity contribution >= 4 is 45.6 Å². The number of fused-ring (bicyclic) bond motifs is 1. The highest BCUT2D eigenvalue weighted by molar-refractivity contribution is 14.1. The van der Waals surface area contributed by atoms with Crippen LogP contribution in [0.2, 0.25) is 0 Å². The first kappa shape index (κ1) is 13.3. The van der Waals surface area contributed by atoms with E-state index in [2.05, 4.69) is 27.6 Å². The number of hydrogen-bond donors (Lipinski definition) is 1. The lowest BCUT2D eigenvalue weighted by Gasteiger charge is -1.96. The molecule has 0 atom stereocenters. The number of halogens is 2. The summed E-state index contributed by atoms with van der Waals surface area (Å²) in [5, 5.41) is 0.909. The van der Waals surface area contributed by atoms with Crippen molar-refractivity contribution in [1.82, 2.24) is 4.98 Å². The molecule has 20 heavy (non-hydrogen) atoms. The third-order valence-electron chi connectivity index (χ3n) is 3.20. The maximum Gasteiger partial charge on any atom is 0.169 e. The Kier molecular flexibility index (Phi) is 3.56. The van der Waals surface area contributed by atoms with Crippen LogP contribution < -0.4 is 4.57 Å². The van der Waals surface area contributed by atoms with Gasteiger partial charge in [0.1, 0.15) is 12.9 Å². The monoisotopic (exact) mass is 379 g/mol. The van der Waals surface area contributed by atoms with E-state index in [9.17, 15) is 4.39 Å². The summed E-state index contributed by atoms with van der Waals surface area (Å²) in [5.41, 5.74) is 2.67. The van der Waals surface area contributed by atoms with Crippen LogP contribution in [0.25, 0.3) is 23.1 Å². The van der Waals surface area contributed by atoms with Crippen LogP contribution in [0.3, 0.4) is 0 Å². The highest BCUT2D eigenvalue weighted by Crippen LogP contribution is 2.25. The van der Waals surface area contributed by atoms with Crippen LogP contribution in [0.5, 0.6) is 0 Å². The third-order valence-corrected chi connectivity index (χ3v) is 3.82. The Balaban J connectivity index is 2.00. The van der Waals surface area contributed by atoms with Crippen molar-refractivity contribution < 1.29 is 8.96 Å². The molecule has 2 heterocycles. The van der Waals surface area contributed by atoms with E-state index in [1.165, 1.54) is 6.07 Å². The number of nitrogens with one attached hydrogen (secondary N) is 1. The SMILES string of the molecule is C[n+]1ccc(/C=C/c2c[nH]c3c(F)cc(I)cc23)cc1. The Labute approximate surface area is 130 Å². The minimum absolute atomic E-state index is 0.210. The summed E-state index contributed by atoms with van der Waals surface area (Å²) >= 11 is 2.13. The summed E-state index contributed by atoms with van der Waals surface area (Å²) in [6.07, 6.45) is 9.86. The number of aryl methyl sites for hydroxylation is 1. The number of aromatic amines is 1. The van der Waals surface area contributed by atoms with Gasteiger partial charge in [-0.2, -0.15) is 0 Å². The maximum absolute atomic E-state index is 13.8. The van der Waals surface area contributed by atoms with E-state index in [0.29, 0.717) is 5.52 Å². The third kappa shape index (κ3) is 2.60. The van der Waals surface area contributed by atoms with Gasteiger partial charge in [0.2, 0.25) is 0 Å². The largest absolute Gasteiger partial charge is 0.358 e. The van der Waals surface area contributed by atoms with Crippen molar-refractivity contribution in [2.45, 2.75) is 0 Å². The molecule has 2 aromatic heterocycles.